The lowest BCUT2D eigenvalue weighted by Crippen LogP contribution is -2.54. The first-order valence-corrected chi connectivity index (χ1v) is 15.1. The van der Waals surface area contributed by atoms with Crippen LogP contribution in [0.25, 0.3) is 0 Å². The Morgan fingerprint density at radius 2 is 0.944 bits per heavy atom. The van der Waals surface area contributed by atoms with Gasteiger partial charge >= 0.3 is 0 Å². The predicted octanol–water partition coefficient (Wildman–Crippen LogP) is 6.02. The van der Waals surface area contributed by atoms with Crippen LogP contribution < -0.4 is 0 Å². The van der Waals surface area contributed by atoms with Gasteiger partial charge in [0.2, 0.25) is 0 Å². The lowest BCUT2D eigenvalue weighted by Gasteiger charge is -2.51. The molecule has 4 aliphatic rings. The fourth-order valence-electron chi connectivity index (χ4n) is 8.60. The van der Waals surface area contributed by atoms with Gasteiger partial charge in [0.15, 0.2) is 0 Å². The molecule has 36 heavy (non-hydrogen) atoms. The second kappa shape index (κ2) is 11.4. The molecule has 202 valence electrons. The van der Waals surface area contributed by atoms with Crippen molar-refractivity contribution in [3.63, 3.8) is 0 Å². The molecule has 1 aromatic rings. The topological polar surface area (TPSA) is 24.9 Å². The van der Waals surface area contributed by atoms with Crippen LogP contribution in [0.3, 0.4) is 0 Å². The molecule has 0 N–H and O–H groups in total. The molecule has 1 aromatic carbocycles. The SMILES string of the molecule is CC(C)(c1ccccc1C(C)(C)C1CCCCC1N1CCOCC1)C1CCCCC1N1CCOCC1. The van der Waals surface area contributed by atoms with Crippen LogP contribution in [0.4, 0.5) is 0 Å². The molecular formula is C32H52N2O2. The van der Waals surface area contributed by atoms with Crippen LogP contribution in [0, 0.1) is 11.8 Å². The zero-order valence-corrected chi connectivity index (χ0v) is 23.6. The highest BCUT2D eigenvalue weighted by molar-refractivity contribution is 5.40. The first kappa shape index (κ1) is 26.7. The van der Waals surface area contributed by atoms with Crippen LogP contribution in [-0.2, 0) is 20.3 Å². The highest BCUT2D eigenvalue weighted by Crippen LogP contribution is 2.49. The summed E-state index contributed by atoms with van der Waals surface area (Å²) in [6.07, 6.45) is 10.9. The lowest BCUT2D eigenvalue weighted by molar-refractivity contribution is -0.0219. The molecule has 4 atom stereocenters. The van der Waals surface area contributed by atoms with E-state index in [-0.39, 0.29) is 10.8 Å². The van der Waals surface area contributed by atoms with E-state index in [4.69, 9.17) is 9.47 Å². The van der Waals surface area contributed by atoms with E-state index in [1.165, 1.54) is 51.4 Å². The molecule has 0 amide bonds. The minimum atomic E-state index is 0.153. The summed E-state index contributed by atoms with van der Waals surface area (Å²) >= 11 is 0. The maximum atomic E-state index is 5.73. The number of hydrogen-bond donors (Lipinski definition) is 0. The summed E-state index contributed by atoms with van der Waals surface area (Å²) in [5, 5.41) is 0. The highest BCUT2D eigenvalue weighted by Gasteiger charge is 2.46. The van der Waals surface area contributed by atoms with Gasteiger partial charge in [0, 0.05) is 38.3 Å². The Morgan fingerprint density at radius 1 is 0.583 bits per heavy atom. The molecule has 0 spiro atoms. The number of benzene rings is 1. The molecule has 2 aliphatic carbocycles. The summed E-state index contributed by atoms with van der Waals surface area (Å²) in [6.45, 7) is 18.3. The number of nitrogens with zero attached hydrogens (tertiary/aromatic N) is 2. The third-order valence-corrected chi connectivity index (χ3v) is 10.7. The molecule has 4 heteroatoms. The van der Waals surface area contributed by atoms with Crippen LogP contribution in [-0.4, -0.2) is 74.5 Å². The Bertz CT molecular complexity index is 771. The Morgan fingerprint density at radius 3 is 1.33 bits per heavy atom. The monoisotopic (exact) mass is 496 g/mol. The van der Waals surface area contributed by atoms with Gasteiger partial charge in [-0.1, -0.05) is 77.6 Å². The van der Waals surface area contributed by atoms with Crippen molar-refractivity contribution in [1.29, 1.82) is 0 Å². The van der Waals surface area contributed by atoms with Crippen molar-refractivity contribution in [2.45, 2.75) is 102 Å². The molecule has 5 rings (SSSR count). The molecule has 0 aromatic heterocycles. The minimum absolute atomic E-state index is 0.153. The standard InChI is InChI=1S/C32H52N2O2/c1-31(2,27-13-7-9-15-29(27)33-17-21-35-22-18-33)25-11-5-6-12-26(25)32(3,4)28-14-8-10-16-30(28)34-19-23-36-24-20-34/h5-6,11-12,27-30H,7-10,13-24H2,1-4H3. The predicted molar refractivity (Wildman–Crippen MR) is 149 cm³/mol. The maximum Gasteiger partial charge on any atom is 0.0594 e. The number of rotatable bonds is 6. The molecular weight excluding hydrogens is 444 g/mol. The number of morpholine rings is 2. The van der Waals surface area contributed by atoms with Crippen LogP contribution in [0.15, 0.2) is 24.3 Å². The summed E-state index contributed by atoms with van der Waals surface area (Å²) in [6, 6.07) is 11.0. The number of hydrogen-bond acceptors (Lipinski definition) is 4. The van der Waals surface area contributed by atoms with Gasteiger partial charge < -0.3 is 9.47 Å². The molecule has 4 fully saturated rings. The third kappa shape index (κ3) is 5.30. The fraction of sp³-hybridized carbons (Fsp3) is 0.812. The van der Waals surface area contributed by atoms with Crippen molar-refractivity contribution in [2.24, 2.45) is 11.8 Å². The maximum absolute atomic E-state index is 5.73. The van der Waals surface area contributed by atoms with Crippen molar-refractivity contribution in [1.82, 2.24) is 9.80 Å². The number of ether oxygens (including phenoxy) is 2. The molecule has 4 unspecified atom stereocenters. The zero-order valence-electron chi connectivity index (χ0n) is 23.6. The summed E-state index contributed by atoms with van der Waals surface area (Å²) in [5.41, 5.74) is 3.54. The molecule has 0 bridgehead atoms. The molecule has 2 saturated heterocycles. The van der Waals surface area contributed by atoms with Crippen molar-refractivity contribution >= 4 is 0 Å². The molecule has 4 nitrogen and oxygen atoms in total. The average Bonchev–Trinajstić information content (AvgIpc) is 2.94. The first-order chi connectivity index (χ1) is 17.4. The van der Waals surface area contributed by atoms with E-state index in [1.54, 1.807) is 11.1 Å². The largest absolute Gasteiger partial charge is 0.379 e. The smallest absolute Gasteiger partial charge is 0.0594 e. The van der Waals surface area contributed by atoms with Crippen molar-refractivity contribution in [2.75, 3.05) is 52.6 Å². The van der Waals surface area contributed by atoms with E-state index in [9.17, 15) is 0 Å². The van der Waals surface area contributed by atoms with Gasteiger partial charge in [-0.05, 0) is 59.5 Å². The third-order valence-electron chi connectivity index (χ3n) is 10.7. The normalized spacial score (nSPS) is 31.9. The molecule has 2 saturated carbocycles. The van der Waals surface area contributed by atoms with E-state index in [0.29, 0.717) is 23.9 Å². The second-order valence-corrected chi connectivity index (χ2v) is 13.2. The minimum Gasteiger partial charge on any atom is -0.379 e. The summed E-state index contributed by atoms with van der Waals surface area (Å²) in [4.78, 5) is 5.55. The van der Waals surface area contributed by atoms with Crippen LogP contribution in [0.2, 0.25) is 0 Å². The van der Waals surface area contributed by atoms with Crippen LogP contribution in [0.1, 0.15) is 90.2 Å². The van der Waals surface area contributed by atoms with E-state index in [2.05, 4.69) is 61.8 Å². The zero-order chi connectivity index (χ0) is 25.2. The Labute approximate surface area is 221 Å². The summed E-state index contributed by atoms with van der Waals surface area (Å²) < 4.78 is 11.5. The van der Waals surface area contributed by atoms with Gasteiger partial charge in [0.25, 0.3) is 0 Å². The van der Waals surface area contributed by atoms with Gasteiger partial charge in [0.1, 0.15) is 0 Å². The molecule has 0 radical (unpaired) electrons. The quantitative estimate of drug-likeness (QED) is 0.480. The highest BCUT2D eigenvalue weighted by atomic mass is 16.5. The Hall–Kier alpha value is -0.940. The summed E-state index contributed by atoms with van der Waals surface area (Å²) in [7, 11) is 0. The first-order valence-electron chi connectivity index (χ1n) is 15.1. The average molecular weight is 497 g/mol. The van der Waals surface area contributed by atoms with Crippen molar-refractivity contribution < 1.29 is 9.47 Å². The second-order valence-electron chi connectivity index (χ2n) is 13.2. The van der Waals surface area contributed by atoms with Crippen molar-refractivity contribution in [3.05, 3.63) is 35.4 Å². The molecule has 2 aliphatic heterocycles. The van der Waals surface area contributed by atoms with E-state index >= 15 is 0 Å². The van der Waals surface area contributed by atoms with Gasteiger partial charge in [-0.3, -0.25) is 9.80 Å². The van der Waals surface area contributed by atoms with Gasteiger partial charge in [0.05, 0.1) is 26.4 Å². The lowest BCUT2D eigenvalue weighted by atomic mass is 9.58. The van der Waals surface area contributed by atoms with E-state index in [0.717, 1.165) is 52.6 Å². The van der Waals surface area contributed by atoms with Crippen LogP contribution in [0.5, 0.6) is 0 Å². The van der Waals surface area contributed by atoms with Gasteiger partial charge in [-0.15, -0.1) is 0 Å². The van der Waals surface area contributed by atoms with E-state index in [1.807, 2.05) is 0 Å². The Kier molecular flexibility index (Phi) is 8.47. The Balaban J connectivity index is 1.46. The van der Waals surface area contributed by atoms with E-state index < -0.39 is 0 Å². The van der Waals surface area contributed by atoms with Crippen LogP contribution >= 0.6 is 0 Å². The van der Waals surface area contributed by atoms with Gasteiger partial charge in [-0.2, -0.15) is 0 Å². The fourth-order valence-corrected chi connectivity index (χ4v) is 8.60. The van der Waals surface area contributed by atoms with Gasteiger partial charge in [-0.25, -0.2) is 0 Å². The molecule has 2 heterocycles. The summed E-state index contributed by atoms with van der Waals surface area (Å²) in [5.74, 6) is 1.39. The van der Waals surface area contributed by atoms with Crippen molar-refractivity contribution in [3.8, 4) is 0 Å².